The third-order valence-electron chi connectivity index (χ3n) is 3.91. The summed E-state index contributed by atoms with van der Waals surface area (Å²) < 4.78 is 32.4. The Kier molecular flexibility index (Phi) is 4.63. The lowest BCUT2D eigenvalue weighted by molar-refractivity contribution is -0.134. The van der Waals surface area contributed by atoms with Gasteiger partial charge in [0, 0.05) is 18.0 Å². The molecule has 0 aliphatic heterocycles. The van der Waals surface area contributed by atoms with Crippen LogP contribution in [0.2, 0.25) is 0 Å². The maximum Gasteiger partial charge on any atom is 0.311 e. The first-order valence-electron chi connectivity index (χ1n) is 8.06. The molecule has 1 aromatic heterocycles. The van der Waals surface area contributed by atoms with Gasteiger partial charge in [0.15, 0.2) is 0 Å². The van der Waals surface area contributed by atoms with Crippen molar-refractivity contribution >= 4 is 26.9 Å². The van der Waals surface area contributed by atoms with E-state index in [2.05, 4.69) is 0 Å². The zero-order valence-corrected chi connectivity index (χ0v) is 14.9. The minimum absolute atomic E-state index is 0.212. The Balaban J connectivity index is 2.06. The first kappa shape index (κ1) is 17.2. The van der Waals surface area contributed by atoms with Crippen LogP contribution in [0.25, 0.3) is 10.9 Å². The molecule has 0 atom stereocenters. The molecule has 0 saturated heterocycles. The lowest BCUT2D eigenvalue weighted by atomic mass is 10.2. The Morgan fingerprint density at radius 3 is 2.48 bits per heavy atom. The number of aryl methyl sites for hydroxylation is 1. The molecule has 6 heteroatoms. The first-order valence-corrected chi connectivity index (χ1v) is 9.50. The summed E-state index contributed by atoms with van der Waals surface area (Å²) in [6.07, 6.45) is 2.49. The van der Waals surface area contributed by atoms with Crippen LogP contribution >= 0.6 is 0 Å². The van der Waals surface area contributed by atoms with Crippen molar-refractivity contribution in [3.63, 3.8) is 0 Å². The average Bonchev–Trinajstić information content (AvgIpc) is 3.01. The van der Waals surface area contributed by atoms with E-state index < -0.39 is 10.0 Å². The topological polar surface area (TPSA) is 65.4 Å². The molecule has 25 heavy (non-hydrogen) atoms. The van der Waals surface area contributed by atoms with Crippen molar-refractivity contribution in [3.05, 3.63) is 60.3 Å². The lowest BCUT2D eigenvalue weighted by Crippen LogP contribution is -2.12. The standard InChI is InChI=1S/C19H19NO4S/c1-3-5-19(21)24-18-7-4-6-17-16(18)12-13-20(17)25(22,23)15-10-8-14(2)9-11-15/h4,6-13H,3,5H2,1-2H3. The summed E-state index contributed by atoms with van der Waals surface area (Å²) in [7, 11) is -3.72. The normalized spacial score (nSPS) is 11.6. The van der Waals surface area contributed by atoms with Crippen molar-refractivity contribution < 1.29 is 17.9 Å². The van der Waals surface area contributed by atoms with E-state index in [1.54, 1.807) is 48.5 Å². The maximum atomic E-state index is 12.9. The molecule has 0 N–H and O–H groups in total. The molecule has 3 aromatic rings. The van der Waals surface area contributed by atoms with Gasteiger partial charge in [0.2, 0.25) is 0 Å². The Morgan fingerprint density at radius 1 is 1.08 bits per heavy atom. The molecule has 2 aromatic carbocycles. The van der Waals surface area contributed by atoms with Gasteiger partial charge in [0.05, 0.1) is 10.4 Å². The Hall–Kier alpha value is -2.60. The highest BCUT2D eigenvalue weighted by atomic mass is 32.2. The highest BCUT2D eigenvalue weighted by Gasteiger charge is 2.20. The van der Waals surface area contributed by atoms with Gasteiger partial charge in [-0.1, -0.05) is 30.7 Å². The molecule has 0 unspecified atom stereocenters. The van der Waals surface area contributed by atoms with Crippen molar-refractivity contribution in [2.75, 3.05) is 0 Å². The number of nitrogens with zero attached hydrogens (tertiary/aromatic N) is 1. The zero-order valence-electron chi connectivity index (χ0n) is 14.1. The SMILES string of the molecule is CCCC(=O)Oc1cccc2c1ccn2S(=O)(=O)c1ccc(C)cc1. The van der Waals surface area contributed by atoms with Crippen LogP contribution in [0.4, 0.5) is 0 Å². The van der Waals surface area contributed by atoms with Crippen LogP contribution in [-0.4, -0.2) is 18.4 Å². The summed E-state index contributed by atoms with van der Waals surface area (Å²) in [6.45, 7) is 3.80. The molecule has 0 amide bonds. The smallest absolute Gasteiger partial charge is 0.311 e. The number of ether oxygens (including phenoxy) is 1. The van der Waals surface area contributed by atoms with Crippen LogP contribution in [0.1, 0.15) is 25.3 Å². The van der Waals surface area contributed by atoms with Crippen molar-refractivity contribution in [1.82, 2.24) is 3.97 Å². The summed E-state index contributed by atoms with van der Waals surface area (Å²) in [5.41, 5.74) is 1.46. The van der Waals surface area contributed by atoms with Crippen LogP contribution in [-0.2, 0) is 14.8 Å². The molecular formula is C19H19NO4S. The van der Waals surface area contributed by atoms with Gasteiger partial charge in [0.1, 0.15) is 5.75 Å². The minimum atomic E-state index is -3.72. The highest BCUT2D eigenvalue weighted by molar-refractivity contribution is 7.90. The van der Waals surface area contributed by atoms with Crippen molar-refractivity contribution in [2.45, 2.75) is 31.6 Å². The van der Waals surface area contributed by atoms with E-state index in [1.807, 2.05) is 13.8 Å². The van der Waals surface area contributed by atoms with Crippen molar-refractivity contribution in [2.24, 2.45) is 0 Å². The second kappa shape index (κ2) is 6.72. The third-order valence-corrected chi connectivity index (χ3v) is 5.62. The zero-order chi connectivity index (χ0) is 18.0. The molecule has 5 nitrogen and oxygen atoms in total. The van der Waals surface area contributed by atoms with Gasteiger partial charge in [-0.15, -0.1) is 0 Å². The molecule has 0 spiro atoms. The van der Waals surface area contributed by atoms with Gasteiger partial charge in [-0.3, -0.25) is 4.79 Å². The monoisotopic (exact) mass is 357 g/mol. The molecule has 130 valence electrons. The second-order valence-electron chi connectivity index (χ2n) is 5.84. The van der Waals surface area contributed by atoms with E-state index in [9.17, 15) is 13.2 Å². The van der Waals surface area contributed by atoms with E-state index in [0.29, 0.717) is 29.5 Å². The Morgan fingerprint density at radius 2 is 1.80 bits per heavy atom. The molecule has 0 radical (unpaired) electrons. The summed E-state index contributed by atoms with van der Waals surface area (Å²) in [5.74, 6) is 0.0398. The number of esters is 1. The highest BCUT2D eigenvalue weighted by Crippen LogP contribution is 2.29. The number of carbonyl (C=O) groups excluding carboxylic acids is 1. The first-order chi connectivity index (χ1) is 11.9. The number of fused-ring (bicyclic) bond motifs is 1. The van der Waals surface area contributed by atoms with Crippen LogP contribution in [0.5, 0.6) is 5.75 Å². The lowest BCUT2D eigenvalue weighted by Gasteiger charge is -2.09. The Labute approximate surface area is 146 Å². The summed E-state index contributed by atoms with van der Waals surface area (Å²) in [6, 6.07) is 13.4. The van der Waals surface area contributed by atoms with E-state index in [1.165, 1.54) is 10.2 Å². The molecular weight excluding hydrogens is 338 g/mol. The number of rotatable bonds is 5. The summed E-state index contributed by atoms with van der Waals surface area (Å²) >= 11 is 0. The van der Waals surface area contributed by atoms with Crippen molar-refractivity contribution in [3.8, 4) is 5.75 Å². The predicted octanol–water partition coefficient (Wildman–Crippen LogP) is 3.89. The predicted molar refractivity (Wildman–Crippen MR) is 96.2 cm³/mol. The van der Waals surface area contributed by atoms with Gasteiger partial charge in [-0.2, -0.15) is 0 Å². The Bertz CT molecular complexity index is 1020. The number of hydrogen-bond acceptors (Lipinski definition) is 4. The fraction of sp³-hybridized carbons (Fsp3) is 0.211. The van der Waals surface area contributed by atoms with Gasteiger partial charge < -0.3 is 4.74 Å². The minimum Gasteiger partial charge on any atom is -0.426 e. The van der Waals surface area contributed by atoms with Crippen LogP contribution in [0.15, 0.2) is 59.6 Å². The second-order valence-corrected chi connectivity index (χ2v) is 7.66. The fourth-order valence-corrected chi connectivity index (χ4v) is 3.96. The molecule has 1 heterocycles. The van der Waals surface area contributed by atoms with Crippen LogP contribution in [0.3, 0.4) is 0 Å². The van der Waals surface area contributed by atoms with Crippen molar-refractivity contribution in [1.29, 1.82) is 0 Å². The quantitative estimate of drug-likeness (QED) is 0.513. The summed E-state index contributed by atoms with van der Waals surface area (Å²) in [4.78, 5) is 12.0. The number of aromatic nitrogens is 1. The molecule has 0 fully saturated rings. The van der Waals surface area contributed by atoms with Gasteiger partial charge >= 0.3 is 5.97 Å². The molecule has 0 aliphatic rings. The number of carbonyl (C=O) groups is 1. The van der Waals surface area contributed by atoms with Gasteiger partial charge in [-0.25, -0.2) is 12.4 Å². The van der Waals surface area contributed by atoms with Crippen LogP contribution < -0.4 is 4.74 Å². The van der Waals surface area contributed by atoms with E-state index in [4.69, 9.17) is 4.74 Å². The number of benzene rings is 2. The number of hydrogen-bond donors (Lipinski definition) is 0. The molecule has 3 rings (SSSR count). The fourth-order valence-electron chi connectivity index (χ4n) is 2.61. The largest absolute Gasteiger partial charge is 0.426 e. The van der Waals surface area contributed by atoms with Gasteiger partial charge in [-0.05, 0) is 43.7 Å². The van der Waals surface area contributed by atoms with Gasteiger partial charge in [0.25, 0.3) is 10.0 Å². The van der Waals surface area contributed by atoms with Crippen LogP contribution in [0, 0.1) is 6.92 Å². The maximum absolute atomic E-state index is 12.9. The summed E-state index contributed by atoms with van der Waals surface area (Å²) in [5, 5.41) is 0.586. The van der Waals surface area contributed by atoms with E-state index in [0.717, 1.165) is 5.56 Å². The molecule has 0 saturated carbocycles. The van der Waals surface area contributed by atoms with E-state index >= 15 is 0 Å². The third kappa shape index (κ3) is 3.30. The average molecular weight is 357 g/mol. The molecule has 0 aliphatic carbocycles. The molecule has 0 bridgehead atoms. The van der Waals surface area contributed by atoms with E-state index in [-0.39, 0.29) is 10.9 Å².